The Morgan fingerprint density at radius 1 is 1.35 bits per heavy atom. The molecule has 1 aliphatic rings. The highest BCUT2D eigenvalue weighted by atomic mass is 16.4. The third kappa shape index (κ3) is 2.79. The molecule has 1 aromatic carbocycles. The van der Waals surface area contributed by atoms with E-state index in [-0.39, 0.29) is 5.69 Å². The van der Waals surface area contributed by atoms with Gasteiger partial charge in [-0.1, -0.05) is 42.5 Å². The lowest BCUT2D eigenvalue weighted by Crippen LogP contribution is -2.08. The summed E-state index contributed by atoms with van der Waals surface area (Å²) < 4.78 is 1.56. The number of carboxylic acids is 1. The first kappa shape index (κ1) is 12.7. The van der Waals surface area contributed by atoms with Crippen molar-refractivity contribution in [2.75, 3.05) is 0 Å². The Bertz CT molecular complexity index is 640. The Kier molecular flexibility index (Phi) is 3.37. The van der Waals surface area contributed by atoms with Crippen LogP contribution in [0.4, 0.5) is 0 Å². The van der Waals surface area contributed by atoms with Gasteiger partial charge in [-0.3, -0.25) is 4.68 Å². The molecule has 1 N–H and O–H groups in total. The van der Waals surface area contributed by atoms with Gasteiger partial charge in [-0.2, -0.15) is 5.10 Å². The van der Waals surface area contributed by atoms with Crippen molar-refractivity contribution in [3.8, 4) is 0 Å². The highest BCUT2D eigenvalue weighted by Gasteiger charge is 2.28. The molecule has 3 rings (SSSR count). The predicted molar refractivity (Wildman–Crippen MR) is 76.6 cm³/mol. The summed E-state index contributed by atoms with van der Waals surface area (Å²) in [5.41, 5.74) is 2.28. The number of hydrogen-bond donors (Lipinski definition) is 1. The number of benzene rings is 1. The molecule has 1 heterocycles. The summed E-state index contributed by atoms with van der Waals surface area (Å²) in [7, 11) is 0. The van der Waals surface area contributed by atoms with Crippen LogP contribution in [0.5, 0.6) is 0 Å². The third-order valence-corrected chi connectivity index (χ3v) is 3.40. The van der Waals surface area contributed by atoms with Gasteiger partial charge < -0.3 is 5.11 Å². The van der Waals surface area contributed by atoms with Crippen molar-refractivity contribution in [2.24, 2.45) is 0 Å². The van der Waals surface area contributed by atoms with Gasteiger partial charge >= 0.3 is 5.97 Å². The van der Waals surface area contributed by atoms with Crippen molar-refractivity contribution in [3.05, 3.63) is 59.4 Å². The first-order valence-corrected chi connectivity index (χ1v) is 6.76. The number of allylic oxidation sites excluding steroid dienone is 1. The monoisotopic (exact) mass is 268 g/mol. The number of aromatic nitrogens is 2. The fourth-order valence-corrected chi connectivity index (χ4v) is 2.18. The largest absolute Gasteiger partial charge is 0.477 e. The molecule has 0 amide bonds. The number of rotatable bonds is 5. The molecular weight excluding hydrogens is 252 g/mol. The van der Waals surface area contributed by atoms with Crippen molar-refractivity contribution in [2.45, 2.75) is 25.3 Å². The van der Waals surface area contributed by atoms with Crippen LogP contribution in [0.25, 0.3) is 6.08 Å². The van der Waals surface area contributed by atoms with Gasteiger partial charge in [0, 0.05) is 5.92 Å². The average molecular weight is 268 g/mol. The SMILES string of the molecule is O=C(O)c1cc(C2CC2)nn1C/C=C/c1ccccc1. The van der Waals surface area contributed by atoms with Gasteiger partial charge in [-0.05, 0) is 24.5 Å². The van der Waals surface area contributed by atoms with E-state index < -0.39 is 5.97 Å². The smallest absolute Gasteiger partial charge is 0.354 e. The first-order valence-electron chi connectivity index (χ1n) is 6.76. The molecule has 2 aromatic rings. The fourth-order valence-electron chi connectivity index (χ4n) is 2.18. The second-order valence-electron chi connectivity index (χ2n) is 5.03. The summed E-state index contributed by atoms with van der Waals surface area (Å²) in [6, 6.07) is 11.6. The Morgan fingerprint density at radius 3 is 2.75 bits per heavy atom. The molecule has 4 heteroatoms. The highest BCUT2D eigenvalue weighted by Crippen LogP contribution is 2.39. The number of carbonyl (C=O) groups is 1. The first-order chi connectivity index (χ1) is 9.74. The lowest BCUT2D eigenvalue weighted by atomic mass is 10.2. The number of aromatic carboxylic acids is 1. The lowest BCUT2D eigenvalue weighted by molar-refractivity contribution is 0.0684. The third-order valence-electron chi connectivity index (χ3n) is 3.40. The van der Waals surface area contributed by atoms with Crippen molar-refractivity contribution < 1.29 is 9.90 Å². The van der Waals surface area contributed by atoms with Crippen molar-refractivity contribution >= 4 is 12.0 Å². The Balaban J connectivity index is 1.76. The molecule has 0 bridgehead atoms. The molecule has 1 aromatic heterocycles. The quantitative estimate of drug-likeness (QED) is 0.906. The maximum absolute atomic E-state index is 11.2. The molecule has 1 fully saturated rings. The summed E-state index contributed by atoms with van der Waals surface area (Å²) >= 11 is 0. The van der Waals surface area contributed by atoms with Crippen LogP contribution in [0.1, 0.15) is 40.5 Å². The maximum Gasteiger partial charge on any atom is 0.354 e. The van der Waals surface area contributed by atoms with E-state index in [1.165, 1.54) is 0 Å². The van der Waals surface area contributed by atoms with E-state index in [0.29, 0.717) is 12.5 Å². The molecule has 0 unspecified atom stereocenters. The molecule has 0 atom stereocenters. The van der Waals surface area contributed by atoms with Gasteiger partial charge in [-0.25, -0.2) is 4.79 Å². The summed E-state index contributed by atoms with van der Waals surface area (Å²) in [4.78, 5) is 11.2. The number of carboxylic acid groups (broad SMARTS) is 1. The van der Waals surface area contributed by atoms with Crippen molar-refractivity contribution in [1.29, 1.82) is 0 Å². The van der Waals surface area contributed by atoms with Gasteiger partial charge in [0.25, 0.3) is 0 Å². The lowest BCUT2D eigenvalue weighted by Gasteiger charge is -2.00. The topological polar surface area (TPSA) is 55.1 Å². The molecule has 20 heavy (non-hydrogen) atoms. The van der Waals surface area contributed by atoms with Crippen LogP contribution in [0.15, 0.2) is 42.5 Å². The highest BCUT2D eigenvalue weighted by molar-refractivity contribution is 5.85. The van der Waals surface area contributed by atoms with Gasteiger partial charge in [0.15, 0.2) is 0 Å². The fraction of sp³-hybridized carbons (Fsp3) is 0.250. The molecule has 1 aliphatic carbocycles. The zero-order valence-electron chi connectivity index (χ0n) is 11.1. The zero-order chi connectivity index (χ0) is 13.9. The molecule has 0 saturated heterocycles. The van der Waals surface area contributed by atoms with Crippen LogP contribution in [0.2, 0.25) is 0 Å². The molecule has 0 aliphatic heterocycles. The van der Waals surface area contributed by atoms with E-state index in [9.17, 15) is 9.90 Å². The molecule has 0 radical (unpaired) electrons. The predicted octanol–water partition coefficient (Wildman–Crippen LogP) is 3.17. The summed E-state index contributed by atoms with van der Waals surface area (Å²) in [6.45, 7) is 0.475. The minimum Gasteiger partial charge on any atom is -0.477 e. The van der Waals surface area contributed by atoms with Crippen LogP contribution < -0.4 is 0 Å². The summed E-state index contributed by atoms with van der Waals surface area (Å²) in [5, 5.41) is 13.6. The molecule has 4 nitrogen and oxygen atoms in total. The van der Waals surface area contributed by atoms with E-state index in [0.717, 1.165) is 24.1 Å². The van der Waals surface area contributed by atoms with E-state index in [2.05, 4.69) is 5.10 Å². The molecule has 1 saturated carbocycles. The van der Waals surface area contributed by atoms with Crippen LogP contribution in [-0.2, 0) is 6.54 Å². The Hall–Kier alpha value is -2.36. The Labute approximate surface area is 117 Å². The van der Waals surface area contributed by atoms with Crippen LogP contribution >= 0.6 is 0 Å². The summed E-state index contributed by atoms with van der Waals surface area (Å²) in [5.74, 6) is -0.454. The minimum atomic E-state index is -0.919. The van der Waals surface area contributed by atoms with Gasteiger partial charge in [0.1, 0.15) is 5.69 Å². The standard InChI is InChI=1S/C16H16N2O2/c19-16(20)15-11-14(13-8-9-13)17-18(15)10-4-7-12-5-2-1-3-6-12/h1-7,11,13H,8-10H2,(H,19,20)/b7-4+. The van der Waals surface area contributed by atoms with Crippen molar-refractivity contribution in [3.63, 3.8) is 0 Å². The van der Waals surface area contributed by atoms with Crippen LogP contribution in [0.3, 0.4) is 0 Å². The van der Waals surface area contributed by atoms with Crippen LogP contribution in [0, 0.1) is 0 Å². The van der Waals surface area contributed by atoms with E-state index in [4.69, 9.17) is 0 Å². The van der Waals surface area contributed by atoms with Crippen molar-refractivity contribution in [1.82, 2.24) is 9.78 Å². The second-order valence-corrected chi connectivity index (χ2v) is 5.03. The van der Waals surface area contributed by atoms with E-state index in [1.54, 1.807) is 10.7 Å². The molecule has 102 valence electrons. The molecular formula is C16H16N2O2. The van der Waals surface area contributed by atoms with E-state index in [1.807, 2.05) is 42.5 Å². The summed E-state index contributed by atoms with van der Waals surface area (Å²) in [6.07, 6.45) is 6.15. The minimum absolute atomic E-state index is 0.268. The maximum atomic E-state index is 11.2. The molecule has 0 spiro atoms. The van der Waals surface area contributed by atoms with Gasteiger partial charge in [-0.15, -0.1) is 0 Å². The van der Waals surface area contributed by atoms with Gasteiger partial charge in [0.2, 0.25) is 0 Å². The normalized spacial score (nSPS) is 14.8. The number of hydrogen-bond acceptors (Lipinski definition) is 2. The number of nitrogens with zero attached hydrogens (tertiary/aromatic N) is 2. The van der Waals surface area contributed by atoms with Gasteiger partial charge in [0.05, 0.1) is 12.2 Å². The zero-order valence-corrected chi connectivity index (χ0v) is 11.1. The average Bonchev–Trinajstić information content (AvgIpc) is 3.21. The Morgan fingerprint density at radius 2 is 2.10 bits per heavy atom. The second kappa shape index (κ2) is 5.33. The van der Waals surface area contributed by atoms with E-state index >= 15 is 0 Å². The van der Waals surface area contributed by atoms with Crippen LogP contribution in [-0.4, -0.2) is 20.9 Å².